The number of benzene rings is 2. The van der Waals surface area contributed by atoms with Gasteiger partial charge in [0.05, 0.1) is 6.04 Å². The van der Waals surface area contributed by atoms with E-state index in [0.29, 0.717) is 5.75 Å². The molecule has 2 nitrogen and oxygen atoms in total. The molecule has 0 saturated carbocycles. The minimum absolute atomic E-state index is 0.0885. The van der Waals surface area contributed by atoms with Crippen LogP contribution in [0.15, 0.2) is 42.5 Å². The minimum atomic E-state index is -0.713. The monoisotopic (exact) mass is 263 g/mol. The molecule has 2 aromatic carbocycles. The molecule has 0 aliphatic heterocycles. The third kappa shape index (κ3) is 3.29. The van der Waals surface area contributed by atoms with Gasteiger partial charge >= 0.3 is 0 Å². The van der Waals surface area contributed by atoms with Gasteiger partial charge in [-0.3, -0.25) is 0 Å². The van der Waals surface area contributed by atoms with Gasteiger partial charge in [-0.05, 0) is 36.8 Å². The highest BCUT2D eigenvalue weighted by Gasteiger charge is 2.13. The van der Waals surface area contributed by atoms with Crippen molar-refractivity contribution in [2.75, 3.05) is 6.61 Å². The normalized spacial score (nSPS) is 12.2. The molecule has 0 heterocycles. The van der Waals surface area contributed by atoms with E-state index in [1.807, 2.05) is 31.2 Å². The summed E-state index contributed by atoms with van der Waals surface area (Å²) in [6.07, 6.45) is 0. The van der Waals surface area contributed by atoms with Crippen LogP contribution in [0.4, 0.5) is 8.78 Å². The zero-order chi connectivity index (χ0) is 13.8. The number of ether oxygens (including phenoxy) is 1. The molecule has 0 spiro atoms. The Bertz CT molecular complexity index is 572. The molecule has 2 rings (SSSR count). The topological polar surface area (TPSA) is 35.2 Å². The van der Waals surface area contributed by atoms with Crippen LogP contribution in [0.1, 0.15) is 17.2 Å². The first-order valence-electron chi connectivity index (χ1n) is 5.97. The first-order valence-corrected chi connectivity index (χ1v) is 5.97. The lowest BCUT2D eigenvalue weighted by atomic mass is 10.1. The molecule has 1 atom stereocenters. The first kappa shape index (κ1) is 13.5. The van der Waals surface area contributed by atoms with Crippen molar-refractivity contribution in [3.63, 3.8) is 0 Å². The molecule has 0 amide bonds. The standard InChI is InChI=1S/C15H15F2NO/c1-10-4-2-3-5-15(10)19-9-14(18)12-8-11(16)6-7-13(12)17/h2-8,14H,9,18H2,1H3. The minimum Gasteiger partial charge on any atom is -0.491 e. The van der Waals surface area contributed by atoms with Crippen molar-refractivity contribution in [2.45, 2.75) is 13.0 Å². The Kier molecular flexibility index (Phi) is 4.12. The average molecular weight is 263 g/mol. The Morgan fingerprint density at radius 1 is 1.16 bits per heavy atom. The van der Waals surface area contributed by atoms with E-state index in [0.717, 1.165) is 23.8 Å². The van der Waals surface area contributed by atoms with Crippen LogP contribution in [-0.2, 0) is 0 Å². The van der Waals surface area contributed by atoms with E-state index in [9.17, 15) is 8.78 Å². The van der Waals surface area contributed by atoms with Gasteiger partial charge in [-0.15, -0.1) is 0 Å². The second-order valence-corrected chi connectivity index (χ2v) is 4.35. The molecule has 1 unspecified atom stereocenters. The molecule has 4 heteroatoms. The Morgan fingerprint density at radius 2 is 1.89 bits per heavy atom. The van der Waals surface area contributed by atoms with Crippen LogP contribution >= 0.6 is 0 Å². The second kappa shape index (κ2) is 5.80. The summed E-state index contributed by atoms with van der Waals surface area (Å²) in [5.41, 5.74) is 6.92. The third-order valence-electron chi connectivity index (χ3n) is 2.87. The molecular formula is C15H15F2NO. The molecular weight excluding hydrogens is 248 g/mol. The Morgan fingerprint density at radius 3 is 2.63 bits per heavy atom. The van der Waals surface area contributed by atoms with E-state index in [-0.39, 0.29) is 12.2 Å². The van der Waals surface area contributed by atoms with Gasteiger partial charge < -0.3 is 10.5 Å². The van der Waals surface area contributed by atoms with Gasteiger partial charge in [-0.25, -0.2) is 8.78 Å². The van der Waals surface area contributed by atoms with E-state index in [2.05, 4.69) is 0 Å². The smallest absolute Gasteiger partial charge is 0.128 e. The fourth-order valence-electron chi connectivity index (χ4n) is 1.79. The van der Waals surface area contributed by atoms with Crippen molar-refractivity contribution in [3.05, 3.63) is 65.2 Å². The van der Waals surface area contributed by atoms with Gasteiger partial charge in [0, 0.05) is 5.56 Å². The van der Waals surface area contributed by atoms with Crippen molar-refractivity contribution in [1.29, 1.82) is 0 Å². The lowest BCUT2D eigenvalue weighted by Gasteiger charge is -2.15. The number of halogens is 2. The summed E-state index contributed by atoms with van der Waals surface area (Å²) in [5.74, 6) is -0.347. The van der Waals surface area contributed by atoms with Crippen LogP contribution in [0.25, 0.3) is 0 Å². The van der Waals surface area contributed by atoms with Gasteiger partial charge in [0.2, 0.25) is 0 Å². The molecule has 19 heavy (non-hydrogen) atoms. The summed E-state index contributed by atoms with van der Waals surface area (Å²) in [4.78, 5) is 0. The van der Waals surface area contributed by atoms with Crippen molar-refractivity contribution in [1.82, 2.24) is 0 Å². The summed E-state index contributed by atoms with van der Waals surface area (Å²) in [6.45, 7) is 1.99. The van der Waals surface area contributed by atoms with Crippen molar-refractivity contribution < 1.29 is 13.5 Å². The van der Waals surface area contributed by atoms with E-state index in [1.54, 1.807) is 0 Å². The van der Waals surface area contributed by atoms with Crippen LogP contribution in [0.2, 0.25) is 0 Å². The molecule has 2 N–H and O–H groups in total. The van der Waals surface area contributed by atoms with Crippen LogP contribution < -0.4 is 10.5 Å². The van der Waals surface area contributed by atoms with Crippen LogP contribution in [-0.4, -0.2) is 6.61 Å². The van der Waals surface area contributed by atoms with Gasteiger partial charge in [0.15, 0.2) is 0 Å². The number of hydrogen-bond donors (Lipinski definition) is 1. The van der Waals surface area contributed by atoms with Crippen LogP contribution in [0.3, 0.4) is 0 Å². The first-order chi connectivity index (χ1) is 9.08. The molecule has 0 aliphatic rings. The number of rotatable bonds is 4. The van der Waals surface area contributed by atoms with Crippen molar-refractivity contribution in [2.24, 2.45) is 5.73 Å². The summed E-state index contributed by atoms with van der Waals surface area (Å²) in [5, 5.41) is 0. The van der Waals surface area contributed by atoms with Crippen molar-refractivity contribution in [3.8, 4) is 5.75 Å². The fraction of sp³-hybridized carbons (Fsp3) is 0.200. The van der Waals surface area contributed by atoms with Crippen molar-refractivity contribution >= 4 is 0 Å². The second-order valence-electron chi connectivity index (χ2n) is 4.35. The number of para-hydroxylation sites is 1. The lowest BCUT2D eigenvalue weighted by Crippen LogP contribution is -2.20. The number of hydrogen-bond acceptors (Lipinski definition) is 2. The maximum atomic E-state index is 13.5. The highest BCUT2D eigenvalue weighted by atomic mass is 19.1. The quantitative estimate of drug-likeness (QED) is 0.918. The van der Waals surface area contributed by atoms with E-state index in [1.165, 1.54) is 0 Å². The summed E-state index contributed by atoms with van der Waals surface area (Å²) < 4.78 is 32.1. The third-order valence-corrected chi connectivity index (χ3v) is 2.87. The Hall–Kier alpha value is -1.94. The maximum absolute atomic E-state index is 13.5. The number of nitrogens with two attached hydrogens (primary N) is 1. The highest BCUT2D eigenvalue weighted by molar-refractivity contribution is 5.32. The summed E-state index contributed by atoms with van der Waals surface area (Å²) >= 11 is 0. The summed E-state index contributed by atoms with van der Waals surface area (Å²) in [6, 6.07) is 9.97. The zero-order valence-electron chi connectivity index (χ0n) is 10.6. The molecule has 100 valence electrons. The van der Waals surface area contributed by atoms with Crippen LogP contribution in [0.5, 0.6) is 5.75 Å². The highest BCUT2D eigenvalue weighted by Crippen LogP contribution is 2.20. The summed E-state index contributed by atoms with van der Waals surface area (Å²) in [7, 11) is 0. The van der Waals surface area contributed by atoms with Crippen LogP contribution in [0, 0.1) is 18.6 Å². The Labute approximate surface area is 110 Å². The van der Waals surface area contributed by atoms with Gasteiger partial charge in [0.1, 0.15) is 24.0 Å². The molecule has 0 aliphatic carbocycles. The zero-order valence-corrected chi connectivity index (χ0v) is 10.6. The Balaban J connectivity index is 2.07. The van der Waals surface area contributed by atoms with Gasteiger partial charge in [0.25, 0.3) is 0 Å². The molecule has 0 fully saturated rings. The largest absolute Gasteiger partial charge is 0.491 e. The van der Waals surface area contributed by atoms with E-state index in [4.69, 9.17) is 10.5 Å². The molecule has 0 radical (unpaired) electrons. The van der Waals surface area contributed by atoms with Gasteiger partial charge in [-0.1, -0.05) is 18.2 Å². The molecule has 0 saturated heterocycles. The number of aryl methyl sites for hydroxylation is 1. The molecule has 2 aromatic rings. The lowest BCUT2D eigenvalue weighted by molar-refractivity contribution is 0.285. The predicted molar refractivity (Wildman–Crippen MR) is 70.0 cm³/mol. The SMILES string of the molecule is Cc1ccccc1OCC(N)c1cc(F)ccc1F. The predicted octanol–water partition coefficient (Wildman–Crippen LogP) is 3.35. The maximum Gasteiger partial charge on any atom is 0.128 e. The average Bonchev–Trinajstić information content (AvgIpc) is 2.40. The van der Waals surface area contributed by atoms with E-state index >= 15 is 0 Å². The van der Waals surface area contributed by atoms with E-state index < -0.39 is 17.7 Å². The molecule has 0 aromatic heterocycles. The van der Waals surface area contributed by atoms with Gasteiger partial charge in [-0.2, -0.15) is 0 Å². The molecule has 0 bridgehead atoms. The fourth-order valence-corrected chi connectivity index (χ4v) is 1.79.